The lowest BCUT2D eigenvalue weighted by Crippen LogP contribution is -2.21. The van der Waals surface area contributed by atoms with Crippen molar-refractivity contribution in [2.75, 3.05) is 11.1 Å². The van der Waals surface area contributed by atoms with Gasteiger partial charge in [0, 0.05) is 5.25 Å². The van der Waals surface area contributed by atoms with E-state index in [-0.39, 0.29) is 16.7 Å². The molecular weight excluding hydrogens is 286 g/mol. The SMILES string of the molecule is CC(C)[C@@H]1SCC(=O)Nc2c1c(=O)[nH]n2C1CCCCC1. The molecule has 0 spiro atoms. The minimum Gasteiger partial charge on any atom is -0.310 e. The van der Waals surface area contributed by atoms with Crippen molar-refractivity contribution < 1.29 is 4.79 Å². The van der Waals surface area contributed by atoms with Crippen LogP contribution in [-0.4, -0.2) is 21.4 Å². The molecule has 0 unspecified atom stereocenters. The van der Waals surface area contributed by atoms with Crippen molar-refractivity contribution >= 4 is 23.5 Å². The largest absolute Gasteiger partial charge is 0.310 e. The zero-order chi connectivity index (χ0) is 15.0. The number of nitrogens with one attached hydrogen (secondary N) is 2. The van der Waals surface area contributed by atoms with Crippen LogP contribution in [0.1, 0.15) is 62.8 Å². The predicted octanol–water partition coefficient (Wildman–Crippen LogP) is 3.06. The Morgan fingerprint density at radius 1 is 1.19 bits per heavy atom. The summed E-state index contributed by atoms with van der Waals surface area (Å²) in [6.07, 6.45) is 5.80. The van der Waals surface area contributed by atoms with Gasteiger partial charge in [0.2, 0.25) is 5.91 Å². The molecule has 2 aliphatic rings. The van der Waals surface area contributed by atoms with Gasteiger partial charge in [0.15, 0.2) is 0 Å². The Labute approximate surface area is 128 Å². The lowest BCUT2D eigenvalue weighted by Gasteiger charge is -2.25. The van der Waals surface area contributed by atoms with Crippen molar-refractivity contribution in [3.05, 3.63) is 15.9 Å². The second-order valence-electron chi connectivity index (χ2n) is 6.39. The molecule has 1 fully saturated rings. The summed E-state index contributed by atoms with van der Waals surface area (Å²) in [5.74, 6) is 1.46. The van der Waals surface area contributed by atoms with Crippen molar-refractivity contribution in [2.24, 2.45) is 5.92 Å². The molecule has 6 heteroatoms. The van der Waals surface area contributed by atoms with Crippen LogP contribution >= 0.6 is 11.8 Å². The zero-order valence-corrected chi connectivity index (χ0v) is 13.5. The highest BCUT2D eigenvalue weighted by atomic mass is 32.2. The second kappa shape index (κ2) is 5.91. The number of hydrogen-bond donors (Lipinski definition) is 2. The van der Waals surface area contributed by atoms with E-state index in [2.05, 4.69) is 24.3 Å². The number of carbonyl (C=O) groups excluding carboxylic acids is 1. The normalized spacial score (nSPS) is 23.8. The molecule has 1 amide bonds. The predicted molar refractivity (Wildman–Crippen MR) is 85.8 cm³/mol. The number of nitrogens with zero attached hydrogens (tertiary/aromatic N) is 1. The third-order valence-electron chi connectivity index (χ3n) is 4.44. The summed E-state index contributed by atoms with van der Waals surface area (Å²) in [6, 6.07) is 0.311. The molecule has 0 aromatic carbocycles. The summed E-state index contributed by atoms with van der Waals surface area (Å²) in [5, 5.41) is 6.03. The van der Waals surface area contributed by atoms with Gasteiger partial charge in [-0.05, 0) is 18.8 Å². The topological polar surface area (TPSA) is 66.9 Å². The van der Waals surface area contributed by atoms with E-state index in [9.17, 15) is 9.59 Å². The Balaban J connectivity index is 2.06. The molecule has 1 aromatic rings. The van der Waals surface area contributed by atoms with E-state index < -0.39 is 0 Å². The zero-order valence-electron chi connectivity index (χ0n) is 12.6. The first-order valence-electron chi connectivity index (χ1n) is 7.83. The summed E-state index contributed by atoms with van der Waals surface area (Å²) < 4.78 is 1.94. The Kier molecular flexibility index (Phi) is 4.15. The van der Waals surface area contributed by atoms with Crippen LogP contribution in [0.4, 0.5) is 5.82 Å². The van der Waals surface area contributed by atoms with Crippen molar-refractivity contribution in [3.8, 4) is 0 Å². The van der Waals surface area contributed by atoms with E-state index in [0.29, 0.717) is 17.7 Å². The molecule has 1 atom stereocenters. The highest BCUT2D eigenvalue weighted by Crippen LogP contribution is 2.41. The first kappa shape index (κ1) is 14.8. The number of aromatic amines is 1. The van der Waals surface area contributed by atoms with Crippen LogP contribution in [0.15, 0.2) is 4.79 Å². The van der Waals surface area contributed by atoms with E-state index in [1.54, 1.807) is 11.8 Å². The maximum Gasteiger partial charge on any atom is 0.270 e. The fourth-order valence-electron chi connectivity index (χ4n) is 3.41. The van der Waals surface area contributed by atoms with Crippen molar-refractivity contribution in [1.82, 2.24) is 9.78 Å². The Bertz CT molecular complexity index is 584. The molecule has 1 aliphatic heterocycles. The van der Waals surface area contributed by atoms with Gasteiger partial charge in [0.1, 0.15) is 5.82 Å². The summed E-state index contributed by atoms with van der Waals surface area (Å²) in [7, 11) is 0. The highest BCUT2D eigenvalue weighted by molar-refractivity contribution is 8.00. The lowest BCUT2D eigenvalue weighted by molar-refractivity contribution is -0.113. The summed E-state index contributed by atoms with van der Waals surface area (Å²) >= 11 is 1.57. The first-order chi connectivity index (χ1) is 10.1. The van der Waals surface area contributed by atoms with Crippen LogP contribution in [0.25, 0.3) is 0 Å². The summed E-state index contributed by atoms with van der Waals surface area (Å²) in [5.41, 5.74) is 0.718. The number of aromatic nitrogens is 2. The minimum absolute atomic E-state index is 0.00652. The number of rotatable bonds is 2. The summed E-state index contributed by atoms with van der Waals surface area (Å²) in [6.45, 7) is 4.21. The van der Waals surface area contributed by atoms with Crippen LogP contribution in [0.5, 0.6) is 0 Å². The lowest BCUT2D eigenvalue weighted by atomic mass is 9.95. The molecule has 1 saturated carbocycles. The molecule has 0 saturated heterocycles. The molecule has 1 aromatic heterocycles. The van der Waals surface area contributed by atoms with Gasteiger partial charge in [-0.2, -0.15) is 0 Å². The number of hydrogen-bond acceptors (Lipinski definition) is 3. The van der Waals surface area contributed by atoms with Gasteiger partial charge in [-0.1, -0.05) is 33.1 Å². The average molecular weight is 309 g/mol. The van der Waals surface area contributed by atoms with Crippen LogP contribution < -0.4 is 10.9 Å². The third kappa shape index (κ3) is 2.78. The fraction of sp³-hybridized carbons (Fsp3) is 0.733. The van der Waals surface area contributed by atoms with Crippen LogP contribution in [0.3, 0.4) is 0 Å². The maximum atomic E-state index is 12.5. The van der Waals surface area contributed by atoms with Gasteiger partial charge in [0.25, 0.3) is 5.56 Å². The molecule has 21 heavy (non-hydrogen) atoms. The van der Waals surface area contributed by atoms with Gasteiger partial charge in [0.05, 0.1) is 17.4 Å². The molecule has 0 radical (unpaired) electrons. The van der Waals surface area contributed by atoms with Gasteiger partial charge in [-0.3, -0.25) is 19.4 Å². The first-order valence-corrected chi connectivity index (χ1v) is 8.88. The van der Waals surface area contributed by atoms with Crippen LogP contribution in [0, 0.1) is 5.92 Å². The average Bonchev–Trinajstić information content (AvgIpc) is 2.67. The van der Waals surface area contributed by atoms with E-state index in [0.717, 1.165) is 24.2 Å². The Hall–Kier alpha value is -1.17. The summed E-state index contributed by atoms with van der Waals surface area (Å²) in [4.78, 5) is 24.5. The Morgan fingerprint density at radius 2 is 1.90 bits per heavy atom. The number of amides is 1. The van der Waals surface area contributed by atoms with E-state index in [1.807, 2.05) is 4.68 Å². The number of fused-ring (bicyclic) bond motifs is 1. The van der Waals surface area contributed by atoms with Crippen LogP contribution in [-0.2, 0) is 4.79 Å². The Morgan fingerprint density at radius 3 is 2.57 bits per heavy atom. The van der Waals surface area contributed by atoms with Crippen molar-refractivity contribution in [2.45, 2.75) is 57.2 Å². The van der Waals surface area contributed by atoms with E-state index in [4.69, 9.17) is 0 Å². The monoisotopic (exact) mass is 309 g/mol. The molecule has 2 heterocycles. The fourth-order valence-corrected chi connectivity index (χ4v) is 4.58. The molecule has 2 N–H and O–H groups in total. The number of H-pyrrole nitrogens is 1. The maximum absolute atomic E-state index is 12.5. The smallest absolute Gasteiger partial charge is 0.270 e. The van der Waals surface area contributed by atoms with Crippen molar-refractivity contribution in [1.29, 1.82) is 0 Å². The second-order valence-corrected chi connectivity index (χ2v) is 7.52. The van der Waals surface area contributed by atoms with E-state index >= 15 is 0 Å². The van der Waals surface area contributed by atoms with E-state index in [1.165, 1.54) is 19.3 Å². The molecular formula is C15H23N3O2S. The number of carbonyl (C=O) groups is 1. The van der Waals surface area contributed by atoms with Gasteiger partial charge in [-0.15, -0.1) is 11.8 Å². The third-order valence-corrected chi connectivity index (χ3v) is 6.01. The van der Waals surface area contributed by atoms with Gasteiger partial charge < -0.3 is 5.32 Å². The minimum atomic E-state index is -0.0380. The quantitative estimate of drug-likeness (QED) is 0.882. The van der Waals surface area contributed by atoms with Gasteiger partial charge >= 0.3 is 0 Å². The standard InChI is InChI=1S/C15H23N3O2S/c1-9(2)13-12-14(16-11(19)8-21-13)18(17-15(12)20)10-6-4-3-5-7-10/h9-10,13H,3-8H2,1-2H3,(H,16,19)(H,17,20)/t13-/m0/s1. The number of thioether (sulfide) groups is 1. The van der Waals surface area contributed by atoms with Gasteiger partial charge in [-0.25, -0.2) is 0 Å². The molecule has 0 bridgehead atoms. The van der Waals surface area contributed by atoms with Crippen molar-refractivity contribution in [3.63, 3.8) is 0 Å². The van der Waals surface area contributed by atoms with Crippen LogP contribution in [0.2, 0.25) is 0 Å². The highest BCUT2D eigenvalue weighted by Gasteiger charge is 2.32. The molecule has 5 nitrogen and oxygen atoms in total. The number of anilines is 1. The molecule has 3 rings (SSSR count). The molecule has 1 aliphatic carbocycles. The molecule has 116 valence electrons.